The zero-order valence-corrected chi connectivity index (χ0v) is 15.1. The standard InChI is InChI=1S/C17H18N6O2S/c1-21(16-3-2-8-18-20-16)12-6-9-22(10-7-12)17-19-14-5-4-13(23(24)25)11-15(14)26-17/h2-5,8,11-12H,6-7,9-10H2,1H3. The van der Waals surface area contributed by atoms with Crippen LogP contribution in [0.4, 0.5) is 16.6 Å². The Labute approximate surface area is 154 Å². The molecule has 1 aliphatic rings. The van der Waals surface area contributed by atoms with Crippen LogP contribution in [0, 0.1) is 10.1 Å². The van der Waals surface area contributed by atoms with E-state index in [0.717, 1.165) is 47.1 Å². The fraction of sp³-hybridized carbons (Fsp3) is 0.353. The number of fused-ring (bicyclic) bond motifs is 1. The average Bonchev–Trinajstić information content (AvgIpc) is 3.11. The molecule has 0 amide bonds. The lowest BCUT2D eigenvalue weighted by Gasteiger charge is -2.36. The van der Waals surface area contributed by atoms with Crippen molar-refractivity contribution < 1.29 is 4.92 Å². The lowest BCUT2D eigenvalue weighted by Crippen LogP contribution is -2.43. The Kier molecular flexibility index (Phi) is 4.37. The number of nitro benzene ring substituents is 1. The van der Waals surface area contributed by atoms with Gasteiger partial charge in [0.05, 0.1) is 15.1 Å². The molecule has 4 rings (SSSR count). The summed E-state index contributed by atoms with van der Waals surface area (Å²) in [5, 5.41) is 20.0. The zero-order chi connectivity index (χ0) is 18.1. The number of benzene rings is 1. The van der Waals surface area contributed by atoms with Crippen molar-refractivity contribution in [3.05, 3.63) is 46.6 Å². The van der Waals surface area contributed by atoms with Gasteiger partial charge in [-0.1, -0.05) is 11.3 Å². The predicted molar refractivity (Wildman–Crippen MR) is 102 cm³/mol. The fourth-order valence-corrected chi connectivity index (χ4v) is 4.31. The van der Waals surface area contributed by atoms with Gasteiger partial charge in [0.15, 0.2) is 10.9 Å². The highest BCUT2D eigenvalue weighted by atomic mass is 32.1. The van der Waals surface area contributed by atoms with Crippen LogP contribution in [0.25, 0.3) is 10.2 Å². The van der Waals surface area contributed by atoms with Crippen molar-refractivity contribution >= 4 is 38.2 Å². The van der Waals surface area contributed by atoms with E-state index in [1.54, 1.807) is 18.3 Å². The highest BCUT2D eigenvalue weighted by Gasteiger charge is 2.25. The van der Waals surface area contributed by atoms with Crippen LogP contribution in [-0.4, -0.2) is 46.3 Å². The molecule has 2 aromatic heterocycles. The van der Waals surface area contributed by atoms with Crippen molar-refractivity contribution in [3.8, 4) is 0 Å². The van der Waals surface area contributed by atoms with Crippen molar-refractivity contribution in [2.45, 2.75) is 18.9 Å². The average molecular weight is 370 g/mol. The minimum absolute atomic E-state index is 0.108. The van der Waals surface area contributed by atoms with Gasteiger partial charge in [0, 0.05) is 44.5 Å². The van der Waals surface area contributed by atoms with Crippen molar-refractivity contribution in [1.29, 1.82) is 0 Å². The summed E-state index contributed by atoms with van der Waals surface area (Å²) < 4.78 is 0.855. The minimum atomic E-state index is -0.368. The normalized spacial score (nSPS) is 15.3. The van der Waals surface area contributed by atoms with Gasteiger partial charge in [-0.2, -0.15) is 5.10 Å². The fourth-order valence-electron chi connectivity index (χ4n) is 3.26. The second kappa shape index (κ2) is 6.83. The zero-order valence-electron chi connectivity index (χ0n) is 14.3. The molecule has 0 N–H and O–H groups in total. The van der Waals surface area contributed by atoms with Crippen LogP contribution in [0.5, 0.6) is 0 Å². The van der Waals surface area contributed by atoms with E-state index in [4.69, 9.17) is 0 Å². The molecule has 0 aliphatic carbocycles. The Morgan fingerprint density at radius 1 is 1.31 bits per heavy atom. The van der Waals surface area contributed by atoms with E-state index in [1.165, 1.54) is 17.4 Å². The molecule has 0 spiro atoms. The number of rotatable bonds is 4. The van der Waals surface area contributed by atoms with E-state index in [-0.39, 0.29) is 10.6 Å². The third kappa shape index (κ3) is 3.17. The van der Waals surface area contributed by atoms with Gasteiger partial charge in [0.1, 0.15) is 0 Å². The summed E-state index contributed by atoms with van der Waals surface area (Å²) in [5.41, 5.74) is 0.923. The highest BCUT2D eigenvalue weighted by Crippen LogP contribution is 2.33. The second-order valence-corrected chi connectivity index (χ2v) is 7.33. The Bertz CT molecular complexity index is 923. The molecular formula is C17H18N6O2S. The third-order valence-electron chi connectivity index (χ3n) is 4.77. The first kappa shape index (κ1) is 16.6. The van der Waals surface area contributed by atoms with Crippen LogP contribution >= 0.6 is 11.3 Å². The van der Waals surface area contributed by atoms with Gasteiger partial charge in [-0.3, -0.25) is 10.1 Å². The summed E-state index contributed by atoms with van der Waals surface area (Å²) >= 11 is 1.52. The van der Waals surface area contributed by atoms with Crippen LogP contribution in [0.15, 0.2) is 36.5 Å². The first-order valence-electron chi connectivity index (χ1n) is 8.42. The SMILES string of the molecule is CN(c1cccnn1)C1CCN(c2nc3ccc([N+](=O)[O-])cc3s2)CC1. The van der Waals surface area contributed by atoms with Gasteiger partial charge in [-0.15, -0.1) is 5.10 Å². The smallest absolute Gasteiger partial charge is 0.270 e. The molecule has 26 heavy (non-hydrogen) atoms. The number of aromatic nitrogens is 3. The molecule has 0 radical (unpaired) electrons. The van der Waals surface area contributed by atoms with E-state index in [9.17, 15) is 10.1 Å². The maximum absolute atomic E-state index is 10.9. The lowest BCUT2D eigenvalue weighted by atomic mass is 10.0. The van der Waals surface area contributed by atoms with Gasteiger partial charge in [0.2, 0.25) is 0 Å². The summed E-state index contributed by atoms with van der Waals surface area (Å²) in [6.45, 7) is 1.80. The van der Waals surface area contributed by atoms with Crippen LogP contribution in [0.1, 0.15) is 12.8 Å². The number of piperidine rings is 1. The molecule has 0 bridgehead atoms. The van der Waals surface area contributed by atoms with Gasteiger partial charge in [-0.05, 0) is 31.0 Å². The summed E-state index contributed by atoms with van der Waals surface area (Å²) in [6.07, 6.45) is 3.68. The molecule has 134 valence electrons. The number of anilines is 2. The molecule has 1 fully saturated rings. The van der Waals surface area contributed by atoms with Crippen molar-refractivity contribution in [3.63, 3.8) is 0 Å². The molecule has 3 heterocycles. The number of hydrogen-bond donors (Lipinski definition) is 0. The molecular weight excluding hydrogens is 352 g/mol. The second-order valence-electron chi connectivity index (χ2n) is 6.32. The Hall–Kier alpha value is -2.81. The summed E-state index contributed by atoms with van der Waals surface area (Å²) in [5.74, 6) is 0.887. The summed E-state index contributed by atoms with van der Waals surface area (Å²) in [6, 6.07) is 9.12. The maximum Gasteiger partial charge on any atom is 0.270 e. The van der Waals surface area contributed by atoms with E-state index >= 15 is 0 Å². The van der Waals surface area contributed by atoms with Gasteiger partial charge >= 0.3 is 0 Å². The first-order valence-corrected chi connectivity index (χ1v) is 9.24. The Morgan fingerprint density at radius 3 is 2.81 bits per heavy atom. The van der Waals surface area contributed by atoms with Crippen LogP contribution in [0.3, 0.4) is 0 Å². The van der Waals surface area contributed by atoms with Crippen LogP contribution in [-0.2, 0) is 0 Å². The molecule has 1 aromatic carbocycles. The first-order chi connectivity index (χ1) is 12.6. The van der Waals surface area contributed by atoms with E-state index in [2.05, 4.69) is 32.0 Å². The number of thiazole rings is 1. The van der Waals surface area contributed by atoms with Crippen LogP contribution in [0.2, 0.25) is 0 Å². The maximum atomic E-state index is 10.9. The number of nitro groups is 1. The molecule has 3 aromatic rings. The van der Waals surface area contributed by atoms with Gasteiger partial charge in [-0.25, -0.2) is 4.98 Å². The summed E-state index contributed by atoms with van der Waals surface area (Å²) in [4.78, 5) is 19.7. The predicted octanol–water partition coefficient (Wildman–Crippen LogP) is 3.10. The van der Waals surface area contributed by atoms with Crippen molar-refractivity contribution in [2.24, 2.45) is 0 Å². The monoisotopic (exact) mass is 370 g/mol. The highest BCUT2D eigenvalue weighted by molar-refractivity contribution is 7.22. The van der Waals surface area contributed by atoms with E-state index in [1.807, 2.05) is 12.1 Å². The molecule has 9 heteroatoms. The summed E-state index contributed by atoms with van der Waals surface area (Å²) in [7, 11) is 2.06. The quantitative estimate of drug-likeness (QED) is 0.515. The number of nitrogens with zero attached hydrogens (tertiary/aromatic N) is 6. The lowest BCUT2D eigenvalue weighted by molar-refractivity contribution is -0.384. The van der Waals surface area contributed by atoms with E-state index in [0.29, 0.717) is 6.04 Å². The molecule has 1 saturated heterocycles. The number of non-ortho nitro benzene ring substituents is 1. The van der Waals surface area contributed by atoms with Crippen molar-refractivity contribution in [2.75, 3.05) is 29.9 Å². The minimum Gasteiger partial charge on any atom is -0.355 e. The Morgan fingerprint density at radius 2 is 2.12 bits per heavy atom. The molecule has 0 unspecified atom stereocenters. The molecule has 1 aliphatic heterocycles. The third-order valence-corrected chi connectivity index (χ3v) is 5.85. The molecule has 0 atom stereocenters. The largest absolute Gasteiger partial charge is 0.355 e. The van der Waals surface area contributed by atoms with Gasteiger partial charge < -0.3 is 9.80 Å². The topological polar surface area (TPSA) is 88.3 Å². The Balaban J connectivity index is 1.46. The molecule has 8 nitrogen and oxygen atoms in total. The van der Waals surface area contributed by atoms with Gasteiger partial charge in [0.25, 0.3) is 5.69 Å². The van der Waals surface area contributed by atoms with Crippen molar-refractivity contribution in [1.82, 2.24) is 15.2 Å². The van der Waals surface area contributed by atoms with E-state index < -0.39 is 0 Å². The molecule has 0 saturated carbocycles. The van der Waals surface area contributed by atoms with Crippen LogP contribution < -0.4 is 9.80 Å². The number of hydrogen-bond acceptors (Lipinski definition) is 8.